The number of anilines is 3. The molecule has 0 atom stereocenters. The number of H-pyrrole nitrogens is 1. The van der Waals surface area contributed by atoms with Crippen molar-refractivity contribution >= 4 is 39.2 Å². The van der Waals surface area contributed by atoms with Crippen LogP contribution in [0.1, 0.15) is 5.56 Å². The van der Waals surface area contributed by atoms with E-state index in [1.54, 1.807) is 0 Å². The Morgan fingerprint density at radius 3 is 2.30 bits per heavy atom. The monoisotopic (exact) mass is 508 g/mol. The Labute approximate surface area is 188 Å². The van der Waals surface area contributed by atoms with E-state index in [0.717, 1.165) is 30.3 Å². The Balaban J connectivity index is 1.69. The van der Waals surface area contributed by atoms with Crippen LogP contribution in [0.3, 0.4) is 0 Å². The highest BCUT2D eigenvalue weighted by atomic mass is 35.5. The van der Waals surface area contributed by atoms with Crippen LogP contribution in [0.5, 0.6) is 0 Å². The lowest BCUT2D eigenvalue weighted by Gasteiger charge is -2.37. The third-order valence-corrected chi connectivity index (χ3v) is 6.85. The lowest BCUT2D eigenvalue weighted by atomic mass is 9.98. The highest BCUT2D eigenvalue weighted by Crippen LogP contribution is 2.43. The van der Waals surface area contributed by atoms with Crippen molar-refractivity contribution in [1.82, 2.24) is 19.5 Å². The molecular weight excluding hydrogens is 495 g/mol. The van der Waals surface area contributed by atoms with Gasteiger partial charge in [-0.15, -0.1) is 5.10 Å². The largest absolute Gasteiger partial charge is 0.417 e. The molecule has 8 nitrogen and oxygen atoms in total. The molecule has 15 heteroatoms. The lowest BCUT2D eigenvalue weighted by molar-refractivity contribution is -0.137. The van der Waals surface area contributed by atoms with E-state index in [1.807, 2.05) is 0 Å². The molecule has 3 aromatic rings. The van der Waals surface area contributed by atoms with E-state index in [-0.39, 0.29) is 38.6 Å². The average molecular weight is 509 g/mol. The first-order valence-corrected chi connectivity index (χ1v) is 10.9. The Kier molecular flexibility index (Phi) is 5.49. The maximum Gasteiger partial charge on any atom is 0.417 e. The fourth-order valence-electron chi connectivity index (χ4n) is 3.24. The van der Waals surface area contributed by atoms with Crippen LogP contribution in [0.15, 0.2) is 41.3 Å². The molecule has 4 N–H and O–H groups in total. The molecule has 0 aliphatic carbocycles. The topological polar surface area (TPSA) is 117 Å². The first-order chi connectivity index (χ1) is 15.3. The highest BCUT2D eigenvalue weighted by molar-refractivity contribution is 7.89. The van der Waals surface area contributed by atoms with Crippen LogP contribution in [0.4, 0.5) is 39.5 Å². The number of aromatic amines is 1. The summed E-state index contributed by atoms with van der Waals surface area (Å²) in [5.41, 5.74) is 3.83. The first-order valence-electron chi connectivity index (χ1n) is 9.10. The van der Waals surface area contributed by atoms with Gasteiger partial charge in [-0.2, -0.15) is 22.5 Å². The van der Waals surface area contributed by atoms with Crippen LogP contribution in [-0.2, 0) is 16.2 Å². The van der Waals surface area contributed by atoms with Crippen molar-refractivity contribution in [3.8, 4) is 11.1 Å². The summed E-state index contributed by atoms with van der Waals surface area (Å²) >= 11 is 6.17. The molecule has 2 heterocycles. The number of hydrogen-bond donors (Lipinski definition) is 3. The molecule has 0 radical (unpaired) electrons. The smallest absolute Gasteiger partial charge is 0.368 e. The van der Waals surface area contributed by atoms with Crippen LogP contribution >= 0.6 is 11.6 Å². The summed E-state index contributed by atoms with van der Waals surface area (Å²) in [7, 11) is -4.20. The molecule has 176 valence electrons. The Bertz CT molecular complexity index is 1300. The number of nitrogens with one attached hydrogen (secondary N) is 2. The van der Waals surface area contributed by atoms with Crippen LogP contribution in [0.2, 0.25) is 5.02 Å². The summed E-state index contributed by atoms with van der Waals surface area (Å²) < 4.78 is 93.0. The summed E-state index contributed by atoms with van der Waals surface area (Å²) in [4.78, 5) is 3.42. The lowest BCUT2D eigenvalue weighted by Crippen LogP contribution is -2.58. The van der Waals surface area contributed by atoms with Crippen molar-refractivity contribution in [1.29, 1.82) is 0 Å². The van der Waals surface area contributed by atoms with E-state index in [2.05, 4.69) is 20.5 Å². The second-order valence-electron chi connectivity index (χ2n) is 7.20. The van der Waals surface area contributed by atoms with E-state index in [9.17, 15) is 30.4 Å². The minimum absolute atomic E-state index is 0.0195. The maximum absolute atomic E-state index is 13.8. The summed E-state index contributed by atoms with van der Waals surface area (Å²) in [5.74, 6) is -3.22. The van der Waals surface area contributed by atoms with Crippen LogP contribution < -0.4 is 11.1 Å². The second kappa shape index (κ2) is 7.81. The van der Waals surface area contributed by atoms with E-state index in [1.165, 1.54) is 6.07 Å². The zero-order chi connectivity index (χ0) is 24.2. The Morgan fingerprint density at radius 2 is 1.79 bits per heavy atom. The number of benzene rings is 2. The minimum Gasteiger partial charge on any atom is -0.368 e. The van der Waals surface area contributed by atoms with Crippen molar-refractivity contribution < 1.29 is 30.4 Å². The zero-order valence-electron chi connectivity index (χ0n) is 16.3. The van der Waals surface area contributed by atoms with E-state index in [0.29, 0.717) is 4.31 Å². The van der Waals surface area contributed by atoms with Gasteiger partial charge in [0.15, 0.2) is 0 Å². The number of nitrogen functional groups attached to an aromatic ring is 1. The van der Waals surface area contributed by atoms with Crippen molar-refractivity contribution in [3.63, 3.8) is 0 Å². The number of nitrogens with zero attached hydrogens (tertiary/aromatic N) is 3. The number of aromatic nitrogens is 3. The number of alkyl halides is 5. The SMILES string of the molecule is Nc1nc(Nc2cc(Cl)c(-c3ccc(S(=O)(=O)N4CC(F)(F)C4)cc3)c(C(F)(F)F)c2)n[nH]1. The fraction of sp³-hybridized carbons (Fsp3) is 0.222. The van der Waals surface area contributed by atoms with Crippen LogP contribution in [0.25, 0.3) is 11.1 Å². The summed E-state index contributed by atoms with van der Waals surface area (Å²) in [6.45, 7) is -1.90. The molecule has 4 rings (SSSR count). The van der Waals surface area contributed by atoms with E-state index in [4.69, 9.17) is 17.3 Å². The van der Waals surface area contributed by atoms with Crippen molar-refractivity contribution in [2.75, 3.05) is 24.1 Å². The fourth-order valence-corrected chi connectivity index (χ4v) is 5.06. The van der Waals surface area contributed by atoms with Crippen LogP contribution in [-0.4, -0.2) is 46.9 Å². The first kappa shape index (κ1) is 23.2. The zero-order valence-corrected chi connectivity index (χ0v) is 17.9. The van der Waals surface area contributed by atoms with E-state index < -0.39 is 40.8 Å². The molecular formula is C18H14ClF5N6O2S. The third kappa shape index (κ3) is 4.58. The Morgan fingerprint density at radius 1 is 1.15 bits per heavy atom. The quantitative estimate of drug-likeness (QED) is 0.447. The highest BCUT2D eigenvalue weighted by Gasteiger charge is 2.49. The molecule has 1 saturated heterocycles. The van der Waals surface area contributed by atoms with Crippen LogP contribution in [0, 0.1) is 0 Å². The summed E-state index contributed by atoms with van der Waals surface area (Å²) in [6.07, 6.45) is -4.82. The van der Waals surface area contributed by atoms with Gasteiger partial charge in [0.1, 0.15) is 0 Å². The van der Waals surface area contributed by atoms with Gasteiger partial charge in [-0.1, -0.05) is 23.7 Å². The maximum atomic E-state index is 13.8. The van der Waals surface area contributed by atoms with Gasteiger partial charge in [-0.25, -0.2) is 22.3 Å². The number of nitrogens with two attached hydrogens (primary N) is 1. The van der Waals surface area contributed by atoms with Gasteiger partial charge in [0.25, 0.3) is 5.92 Å². The van der Waals surface area contributed by atoms with Crippen molar-refractivity contribution in [3.05, 3.63) is 47.0 Å². The van der Waals surface area contributed by atoms with Crippen molar-refractivity contribution in [2.24, 2.45) is 0 Å². The number of rotatable bonds is 5. The van der Waals surface area contributed by atoms with Crippen molar-refractivity contribution in [2.45, 2.75) is 17.0 Å². The number of halogens is 6. The number of sulfonamides is 1. The molecule has 1 aromatic heterocycles. The predicted molar refractivity (Wildman–Crippen MR) is 110 cm³/mol. The molecule has 33 heavy (non-hydrogen) atoms. The molecule has 0 spiro atoms. The van der Waals surface area contributed by atoms with Gasteiger partial charge >= 0.3 is 6.18 Å². The van der Waals surface area contributed by atoms with Gasteiger partial charge < -0.3 is 11.1 Å². The molecule has 0 unspecified atom stereocenters. The molecule has 0 saturated carbocycles. The standard InChI is InChI=1S/C18H14ClF5N6O2S/c19-13-6-10(26-16-27-15(25)28-29-16)5-12(18(22,23)24)14(13)9-1-3-11(4-2-9)33(31,32)30-7-17(20,21)8-30/h1-6H,7-8H2,(H4,25,26,27,28,29). The van der Waals surface area contributed by atoms with Gasteiger partial charge in [0.05, 0.1) is 28.6 Å². The van der Waals surface area contributed by atoms with Gasteiger partial charge in [-0.05, 0) is 29.8 Å². The molecule has 1 fully saturated rings. The molecule has 1 aliphatic heterocycles. The average Bonchev–Trinajstić information content (AvgIpc) is 3.09. The molecule has 1 aliphatic rings. The Hall–Kier alpha value is -2.97. The van der Waals surface area contributed by atoms with Gasteiger partial charge in [0, 0.05) is 11.3 Å². The van der Waals surface area contributed by atoms with E-state index >= 15 is 0 Å². The molecule has 0 amide bonds. The predicted octanol–water partition coefficient (Wildman–Crippen LogP) is 4.11. The minimum atomic E-state index is -4.82. The summed E-state index contributed by atoms with van der Waals surface area (Å²) in [6, 6.07) is 6.35. The summed E-state index contributed by atoms with van der Waals surface area (Å²) in [5, 5.41) is 8.28. The normalized spacial score (nSPS) is 16.4. The third-order valence-electron chi connectivity index (χ3n) is 4.75. The molecule has 0 bridgehead atoms. The second-order valence-corrected chi connectivity index (χ2v) is 9.55. The van der Waals surface area contributed by atoms with Gasteiger partial charge in [-0.3, -0.25) is 0 Å². The number of hydrogen-bond acceptors (Lipinski definition) is 6. The molecule has 2 aromatic carbocycles. The van der Waals surface area contributed by atoms with Gasteiger partial charge in [0.2, 0.25) is 21.9 Å².